The Bertz CT molecular complexity index is 955. The smallest absolute Gasteiger partial charge is 0.191 e. The van der Waals surface area contributed by atoms with Gasteiger partial charge in [0.2, 0.25) is 0 Å². The van der Waals surface area contributed by atoms with Crippen molar-refractivity contribution >= 4 is 29.9 Å². The number of halogens is 1. The molecular weight excluding hydrogens is 499 g/mol. The monoisotopic (exact) mass is 530 g/mol. The highest BCUT2D eigenvalue weighted by Gasteiger charge is 2.16. The van der Waals surface area contributed by atoms with Gasteiger partial charge in [-0.2, -0.15) is 0 Å². The lowest BCUT2D eigenvalue weighted by atomic mass is 9.92. The lowest BCUT2D eigenvalue weighted by molar-refractivity contribution is 0.504. The first-order chi connectivity index (χ1) is 14.8. The highest BCUT2D eigenvalue weighted by atomic mass is 127. The van der Waals surface area contributed by atoms with Gasteiger partial charge in [0.25, 0.3) is 0 Å². The van der Waals surface area contributed by atoms with Crippen LogP contribution in [0.2, 0.25) is 0 Å². The van der Waals surface area contributed by atoms with Crippen LogP contribution >= 0.6 is 24.0 Å². The molecule has 2 aromatic carbocycles. The van der Waals surface area contributed by atoms with Crippen molar-refractivity contribution in [3.05, 3.63) is 83.4 Å². The Kier molecular flexibility index (Phi) is 8.87. The third-order valence-electron chi connectivity index (χ3n) is 5.69. The Labute approximate surface area is 201 Å². The van der Waals surface area contributed by atoms with Crippen LogP contribution in [0.4, 0.5) is 0 Å². The Hall–Kier alpha value is -2.42. The molecule has 1 atom stereocenters. The molecule has 1 aromatic heterocycles. The van der Waals surface area contributed by atoms with Crippen molar-refractivity contribution in [2.45, 2.75) is 44.7 Å². The van der Waals surface area contributed by atoms with E-state index in [1.54, 1.807) is 0 Å². The van der Waals surface area contributed by atoms with Crippen LogP contribution < -0.4 is 10.6 Å². The molecule has 0 aliphatic carbocycles. The molecule has 0 fully saturated rings. The minimum absolute atomic E-state index is 0. The zero-order chi connectivity index (χ0) is 20.6. The third-order valence-corrected chi connectivity index (χ3v) is 5.69. The Morgan fingerprint density at radius 1 is 1.00 bits per heavy atom. The first-order valence-electron chi connectivity index (χ1n) is 10.8. The van der Waals surface area contributed by atoms with Crippen molar-refractivity contribution in [3.8, 4) is 0 Å². The highest BCUT2D eigenvalue weighted by molar-refractivity contribution is 14.0. The minimum atomic E-state index is 0. The van der Waals surface area contributed by atoms with Gasteiger partial charge in [0.15, 0.2) is 11.8 Å². The molecule has 2 heterocycles. The lowest BCUT2D eigenvalue weighted by Crippen LogP contribution is -2.39. The molecular formula is C24H31IN6. The summed E-state index contributed by atoms with van der Waals surface area (Å²) in [5, 5.41) is 15.6. The van der Waals surface area contributed by atoms with Gasteiger partial charge in [-0.1, -0.05) is 60.7 Å². The number of hydrogen-bond donors (Lipinski definition) is 2. The summed E-state index contributed by atoms with van der Waals surface area (Å²) in [7, 11) is 1.81. The van der Waals surface area contributed by atoms with Crippen molar-refractivity contribution in [2.24, 2.45) is 4.99 Å². The number of fused-ring (bicyclic) bond motifs is 1. The van der Waals surface area contributed by atoms with E-state index in [-0.39, 0.29) is 24.0 Å². The zero-order valence-electron chi connectivity index (χ0n) is 18.0. The van der Waals surface area contributed by atoms with Crippen molar-refractivity contribution in [2.75, 3.05) is 13.6 Å². The summed E-state index contributed by atoms with van der Waals surface area (Å²) in [4.78, 5) is 4.41. The average Bonchev–Trinajstić information content (AvgIpc) is 3.23. The molecule has 31 heavy (non-hydrogen) atoms. The number of nitrogens with zero attached hydrogens (tertiary/aromatic N) is 4. The second-order valence-corrected chi connectivity index (χ2v) is 7.75. The topological polar surface area (TPSA) is 67.1 Å². The van der Waals surface area contributed by atoms with Gasteiger partial charge in [0.05, 0.1) is 6.54 Å². The maximum absolute atomic E-state index is 4.41. The number of hydrogen-bond acceptors (Lipinski definition) is 3. The number of benzene rings is 2. The molecule has 0 spiro atoms. The second kappa shape index (κ2) is 11.8. The molecule has 0 saturated heterocycles. The molecule has 6 nitrogen and oxygen atoms in total. The van der Waals surface area contributed by atoms with Crippen LogP contribution in [0.1, 0.15) is 41.5 Å². The maximum atomic E-state index is 4.41. The average molecular weight is 530 g/mol. The van der Waals surface area contributed by atoms with Crippen LogP contribution in [0.5, 0.6) is 0 Å². The normalized spacial score (nSPS) is 14.3. The van der Waals surface area contributed by atoms with Crippen LogP contribution in [0.15, 0.2) is 65.7 Å². The number of aryl methyl sites for hydroxylation is 1. The fraction of sp³-hybridized carbons (Fsp3) is 0.375. The summed E-state index contributed by atoms with van der Waals surface area (Å²) >= 11 is 0. The van der Waals surface area contributed by atoms with Gasteiger partial charge in [0.1, 0.15) is 5.82 Å². The SMILES string of the molecule is CN=C(NCc1nnc2n1CCCC2)NCC(Cc1ccccc1)c1ccccc1.I. The molecule has 164 valence electrons. The first-order valence-corrected chi connectivity index (χ1v) is 10.8. The van der Waals surface area contributed by atoms with E-state index < -0.39 is 0 Å². The van der Waals surface area contributed by atoms with E-state index in [2.05, 4.69) is 91.1 Å². The summed E-state index contributed by atoms with van der Waals surface area (Å²) < 4.78 is 2.24. The van der Waals surface area contributed by atoms with Crippen LogP contribution in [0.3, 0.4) is 0 Å². The Morgan fingerprint density at radius 3 is 2.48 bits per heavy atom. The van der Waals surface area contributed by atoms with Crippen molar-refractivity contribution in [1.82, 2.24) is 25.4 Å². The van der Waals surface area contributed by atoms with Gasteiger partial charge in [-0.05, 0) is 30.4 Å². The number of aromatic nitrogens is 3. The van der Waals surface area contributed by atoms with Gasteiger partial charge in [-0.3, -0.25) is 4.99 Å². The van der Waals surface area contributed by atoms with Crippen molar-refractivity contribution in [1.29, 1.82) is 0 Å². The summed E-state index contributed by atoms with van der Waals surface area (Å²) in [6, 6.07) is 21.3. The lowest BCUT2D eigenvalue weighted by Gasteiger charge is -2.20. The van der Waals surface area contributed by atoms with E-state index in [4.69, 9.17) is 0 Å². The van der Waals surface area contributed by atoms with Crippen LogP contribution in [-0.2, 0) is 25.9 Å². The van der Waals surface area contributed by atoms with E-state index in [1.165, 1.54) is 24.0 Å². The zero-order valence-corrected chi connectivity index (χ0v) is 20.3. The van der Waals surface area contributed by atoms with Crippen molar-refractivity contribution < 1.29 is 0 Å². The van der Waals surface area contributed by atoms with E-state index in [0.29, 0.717) is 12.5 Å². The van der Waals surface area contributed by atoms with E-state index in [9.17, 15) is 0 Å². The number of nitrogens with one attached hydrogen (secondary N) is 2. The molecule has 1 aliphatic heterocycles. The standard InChI is InChI=1S/C24H30N6.HI/c1-25-24(27-18-23-29-28-22-14-8-9-15-30(22)23)26-17-21(20-12-6-3-7-13-20)16-19-10-4-2-5-11-19;/h2-7,10-13,21H,8-9,14-18H2,1H3,(H2,25,26,27);1H. The second-order valence-electron chi connectivity index (χ2n) is 7.75. The van der Waals surface area contributed by atoms with Crippen LogP contribution in [-0.4, -0.2) is 34.3 Å². The minimum Gasteiger partial charge on any atom is -0.356 e. The predicted molar refractivity (Wildman–Crippen MR) is 136 cm³/mol. The van der Waals surface area contributed by atoms with Gasteiger partial charge in [-0.15, -0.1) is 34.2 Å². The molecule has 4 rings (SSSR count). The van der Waals surface area contributed by atoms with E-state index in [1.807, 2.05) is 7.05 Å². The molecule has 1 aliphatic rings. The third kappa shape index (κ3) is 6.29. The van der Waals surface area contributed by atoms with Gasteiger partial charge >= 0.3 is 0 Å². The predicted octanol–water partition coefficient (Wildman–Crippen LogP) is 3.92. The van der Waals surface area contributed by atoms with E-state index >= 15 is 0 Å². The van der Waals surface area contributed by atoms with Crippen LogP contribution in [0.25, 0.3) is 0 Å². The molecule has 2 N–H and O–H groups in total. The maximum Gasteiger partial charge on any atom is 0.191 e. The number of aliphatic imine (C=N–C) groups is 1. The molecule has 0 saturated carbocycles. The van der Waals surface area contributed by atoms with Gasteiger partial charge < -0.3 is 15.2 Å². The molecule has 0 amide bonds. The molecule has 0 radical (unpaired) electrons. The van der Waals surface area contributed by atoms with Crippen molar-refractivity contribution in [3.63, 3.8) is 0 Å². The van der Waals surface area contributed by atoms with E-state index in [0.717, 1.165) is 43.5 Å². The molecule has 0 bridgehead atoms. The Balaban J connectivity index is 0.00000272. The number of guanidine groups is 1. The Morgan fingerprint density at radius 2 is 1.74 bits per heavy atom. The van der Waals surface area contributed by atoms with Gasteiger partial charge in [-0.25, -0.2) is 0 Å². The fourth-order valence-electron chi connectivity index (χ4n) is 4.03. The first kappa shape index (κ1) is 23.2. The van der Waals surface area contributed by atoms with Gasteiger partial charge in [0, 0.05) is 32.5 Å². The number of rotatable bonds is 7. The fourth-order valence-corrected chi connectivity index (χ4v) is 4.03. The molecule has 1 unspecified atom stereocenters. The summed E-state index contributed by atoms with van der Waals surface area (Å²) in [5.74, 6) is 3.23. The quantitative estimate of drug-likeness (QED) is 0.276. The molecule has 3 aromatic rings. The summed E-state index contributed by atoms with van der Waals surface area (Å²) in [6.07, 6.45) is 4.41. The molecule has 7 heteroatoms. The summed E-state index contributed by atoms with van der Waals surface area (Å²) in [5.41, 5.74) is 2.67. The summed E-state index contributed by atoms with van der Waals surface area (Å²) in [6.45, 7) is 2.44. The highest BCUT2D eigenvalue weighted by Crippen LogP contribution is 2.20. The largest absolute Gasteiger partial charge is 0.356 e. The van der Waals surface area contributed by atoms with Crippen LogP contribution in [0, 0.1) is 0 Å².